The molecule has 0 spiro atoms. The Kier molecular flexibility index (Phi) is 55.5. The van der Waals surface area contributed by atoms with Crippen LogP contribution in [0.1, 0.15) is 103 Å². The second kappa shape index (κ2) is 55.8. The van der Waals surface area contributed by atoms with Crippen LogP contribution in [-0.2, 0) is 61.6 Å². The van der Waals surface area contributed by atoms with Crippen molar-refractivity contribution >= 4 is 11.6 Å². The molecule has 0 aliphatic rings. The van der Waals surface area contributed by atoms with Crippen molar-refractivity contribution in [1.82, 2.24) is 0 Å². The van der Waals surface area contributed by atoms with Crippen LogP contribution in [0.2, 0.25) is 0 Å². The fourth-order valence-electron chi connectivity index (χ4n) is 5.26. The van der Waals surface area contributed by atoms with Gasteiger partial charge < -0.3 is 61.6 Å². The Morgan fingerprint density at radius 2 is 0.351 bits per heavy atom. The maximum atomic E-state index is 5.67. The van der Waals surface area contributed by atoms with Crippen molar-refractivity contribution in [3.8, 4) is 0 Å². The Labute approximate surface area is 353 Å². The molecule has 0 amide bonds. The van der Waals surface area contributed by atoms with Crippen LogP contribution in [0.4, 0.5) is 0 Å². The number of halogens is 1. The molecule has 0 saturated carbocycles. The summed E-state index contributed by atoms with van der Waals surface area (Å²) in [4.78, 5) is 0. The topological polar surface area (TPSA) is 120 Å². The van der Waals surface area contributed by atoms with Crippen molar-refractivity contribution in [3.63, 3.8) is 0 Å². The highest BCUT2D eigenvalue weighted by atomic mass is 35.5. The second-order valence-corrected chi connectivity index (χ2v) is 14.0. The molecule has 57 heavy (non-hydrogen) atoms. The minimum absolute atomic E-state index is 0.514. The highest BCUT2D eigenvalue weighted by molar-refractivity contribution is 6.17. The van der Waals surface area contributed by atoms with E-state index in [0.717, 1.165) is 38.4 Å². The van der Waals surface area contributed by atoms with Crippen molar-refractivity contribution in [3.05, 3.63) is 0 Å². The molecule has 0 bridgehead atoms. The van der Waals surface area contributed by atoms with Crippen molar-refractivity contribution in [2.45, 2.75) is 103 Å². The molecule has 0 aromatic heterocycles. The van der Waals surface area contributed by atoms with Gasteiger partial charge in [-0.1, -0.05) is 84.0 Å². The number of rotatable bonds is 54. The van der Waals surface area contributed by atoms with E-state index in [2.05, 4.69) is 6.92 Å². The molecule has 0 atom stereocenters. The molecule has 0 aliphatic heterocycles. The lowest BCUT2D eigenvalue weighted by Crippen LogP contribution is -2.15. The van der Waals surface area contributed by atoms with Gasteiger partial charge in [0.25, 0.3) is 0 Å². The number of hydrogen-bond donors (Lipinski definition) is 0. The van der Waals surface area contributed by atoms with Crippen LogP contribution in [0.3, 0.4) is 0 Å². The molecular weight excluding hydrogens is 760 g/mol. The molecule has 0 radical (unpaired) electrons. The van der Waals surface area contributed by atoms with Gasteiger partial charge in [0.1, 0.15) is 0 Å². The van der Waals surface area contributed by atoms with Gasteiger partial charge >= 0.3 is 0 Å². The first-order valence-corrected chi connectivity index (χ1v) is 23.0. The summed E-state index contributed by atoms with van der Waals surface area (Å²) in [5.74, 6) is 0.744. The molecule has 0 heterocycles. The quantitative estimate of drug-likeness (QED) is 0.0450. The zero-order valence-corrected chi connectivity index (χ0v) is 37.1. The molecule has 0 fully saturated rings. The molecule has 0 aromatic carbocycles. The normalized spacial score (nSPS) is 11.7. The fraction of sp³-hybridized carbons (Fsp3) is 1.00. The Morgan fingerprint density at radius 3 is 0.544 bits per heavy atom. The lowest BCUT2D eigenvalue weighted by Gasteiger charge is -2.09. The van der Waals surface area contributed by atoms with Crippen LogP contribution in [0.5, 0.6) is 0 Å². The Balaban J connectivity index is 3.05. The van der Waals surface area contributed by atoms with Crippen molar-refractivity contribution in [2.75, 3.05) is 178 Å². The predicted octanol–water partition coefficient (Wildman–Crippen LogP) is 7.31. The summed E-state index contributed by atoms with van der Waals surface area (Å²) in [7, 11) is 0. The standard InChI is InChI=1S/C43H87ClO13/c1-2-3-4-5-6-7-8-9-10-12-15-18-45-20-22-47-24-26-49-28-30-51-32-34-53-36-38-55-40-42-57-43-41-56-39-37-54-35-33-52-31-29-50-27-25-48-23-21-46-19-16-13-11-14-17-44/h2-43H2,1H3. The third-order valence-corrected chi connectivity index (χ3v) is 8.80. The SMILES string of the molecule is CCCCCCCCCCCCCOCCOCCOCCOCCOCCOCCOCCOCCOCCOCCOCCOCCOCCCCCCCl. The van der Waals surface area contributed by atoms with Crippen LogP contribution in [0.15, 0.2) is 0 Å². The van der Waals surface area contributed by atoms with Gasteiger partial charge in [0.15, 0.2) is 0 Å². The van der Waals surface area contributed by atoms with E-state index in [0.29, 0.717) is 159 Å². The first-order valence-electron chi connectivity index (χ1n) is 22.5. The molecule has 0 aliphatic carbocycles. The summed E-state index contributed by atoms with van der Waals surface area (Å²) in [6, 6.07) is 0. The van der Waals surface area contributed by atoms with Crippen molar-refractivity contribution in [1.29, 1.82) is 0 Å². The average molecular weight is 848 g/mol. The molecular formula is C43H87ClO13. The van der Waals surface area contributed by atoms with Gasteiger partial charge in [0.05, 0.1) is 159 Å². The summed E-state index contributed by atoms with van der Waals surface area (Å²) in [6.07, 6.45) is 19.4. The minimum atomic E-state index is 0.514. The Bertz CT molecular complexity index is 633. The van der Waals surface area contributed by atoms with E-state index in [1.54, 1.807) is 0 Å². The van der Waals surface area contributed by atoms with Gasteiger partial charge in [0.2, 0.25) is 0 Å². The van der Waals surface area contributed by atoms with Crippen molar-refractivity contribution in [2.24, 2.45) is 0 Å². The van der Waals surface area contributed by atoms with E-state index < -0.39 is 0 Å². The fourth-order valence-corrected chi connectivity index (χ4v) is 5.45. The van der Waals surface area contributed by atoms with Gasteiger partial charge in [-0.3, -0.25) is 0 Å². The van der Waals surface area contributed by atoms with E-state index in [9.17, 15) is 0 Å². The zero-order valence-electron chi connectivity index (χ0n) is 36.4. The van der Waals surface area contributed by atoms with Gasteiger partial charge in [-0.2, -0.15) is 0 Å². The lowest BCUT2D eigenvalue weighted by molar-refractivity contribution is -0.0290. The predicted molar refractivity (Wildman–Crippen MR) is 226 cm³/mol. The summed E-state index contributed by atoms with van der Waals surface area (Å²) in [5.41, 5.74) is 0. The molecule has 0 aromatic rings. The maximum Gasteiger partial charge on any atom is 0.0701 e. The Hall–Kier alpha value is -0.230. The highest BCUT2D eigenvalue weighted by Gasteiger charge is 1.98. The maximum absolute atomic E-state index is 5.67. The van der Waals surface area contributed by atoms with E-state index in [1.807, 2.05) is 0 Å². The Morgan fingerprint density at radius 1 is 0.193 bits per heavy atom. The smallest absolute Gasteiger partial charge is 0.0701 e. The first kappa shape index (κ1) is 56.8. The summed E-state index contributed by atoms with van der Waals surface area (Å²) in [6.45, 7) is 16.9. The van der Waals surface area contributed by atoms with Crippen LogP contribution in [0, 0.1) is 0 Å². The molecule has 0 saturated heterocycles. The van der Waals surface area contributed by atoms with E-state index in [4.69, 9.17) is 73.2 Å². The number of hydrogen-bond acceptors (Lipinski definition) is 13. The van der Waals surface area contributed by atoms with Crippen LogP contribution in [0.25, 0.3) is 0 Å². The zero-order chi connectivity index (χ0) is 40.9. The van der Waals surface area contributed by atoms with E-state index >= 15 is 0 Å². The monoisotopic (exact) mass is 847 g/mol. The average Bonchev–Trinajstić information content (AvgIpc) is 3.22. The molecule has 0 unspecified atom stereocenters. The van der Waals surface area contributed by atoms with E-state index in [-0.39, 0.29) is 0 Å². The number of alkyl halides is 1. The second-order valence-electron chi connectivity index (χ2n) is 13.6. The van der Waals surface area contributed by atoms with E-state index in [1.165, 1.54) is 77.0 Å². The van der Waals surface area contributed by atoms with Crippen molar-refractivity contribution < 1.29 is 61.6 Å². The number of unbranched alkanes of at least 4 members (excludes halogenated alkanes) is 13. The van der Waals surface area contributed by atoms with Crippen LogP contribution < -0.4 is 0 Å². The van der Waals surface area contributed by atoms with Crippen LogP contribution in [-0.4, -0.2) is 178 Å². The molecule has 0 N–H and O–H groups in total. The first-order chi connectivity index (χ1) is 28.4. The summed E-state index contributed by atoms with van der Waals surface area (Å²) >= 11 is 5.66. The third kappa shape index (κ3) is 55.8. The van der Waals surface area contributed by atoms with Gasteiger partial charge in [-0.25, -0.2) is 0 Å². The van der Waals surface area contributed by atoms with Crippen LogP contribution >= 0.6 is 11.6 Å². The summed E-state index contributed by atoms with van der Waals surface area (Å²) in [5, 5.41) is 0. The molecule has 13 nitrogen and oxygen atoms in total. The summed E-state index contributed by atoms with van der Waals surface area (Å²) < 4.78 is 71.9. The molecule has 0 rings (SSSR count). The minimum Gasteiger partial charge on any atom is -0.379 e. The highest BCUT2D eigenvalue weighted by Crippen LogP contribution is 2.11. The molecule has 14 heteroatoms. The molecule has 344 valence electrons. The van der Waals surface area contributed by atoms with Gasteiger partial charge in [-0.05, 0) is 19.3 Å². The van der Waals surface area contributed by atoms with Gasteiger partial charge in [0, 0.05) is 19.1 Å². The third-order valence-electron chi connectivity index (χ3n) is 8.53. The largest absolute Gasteiger partial charge is 0.379 e. The van der Waals surface area contributed by atoms with Gasteiger partial charge in [-0.15, -0.1) is 11.6 Å². The lowest BCUT2D eigenvalue weighted by atomic mass is 10.1. The number of ether oxygens (including phenoxy) is 13.